The first-order valence-corrected chi connectivity index (χ1v) is 6.74. The largest absolute Gasteiger partial charge is 0.311 e. The maximum absolute atomic E-state index is 4.68. The normalized spacial score (nSPS) is 14.6. The van der Waals surface area contributed by atoms with Crippen molar-refractivity contribution in [1.29, 1.82) is 0 Å². The van der Waals surface area contributed by atoms with Crippen LogP contribution >= 0.6 is 11.3 Å². The summed E-state index contributed by atoms with van der Waals surface area (Å²) in [5, 5.41) is 3.36. The fourth-order valence-corrected chi connectivity index (χ4v) is 2.72. The van der Waals surface area contributed by atoms with Gasteiger partial charge in [-0.1, -0.05) is 6.92 Å². The molecule has 1 aliphatic rings. The Morgan fingerprint density at radius 2 is 2.35 bits per heavy atom. The van der Waals surface area contributed by atoms with Crippen molar-refractivity contribution in [3.63, 3.8) is 0 Å². The van der Waals surface area contributed by atoms with E-state index in [1.54, 1.807) is 11.3 Å². The van der Waals surface area contributed by atoms with Gasteiger partial charge in [0.2, 0.25) is 0 Å². The van der Waals surface area contributed by atoms with E-state index in [-0.39, 0.29) is 0 Å². The molecular formula is C12H14N4S. The minimum atomic E-state index is 0.826. The Balaban J connectivity index is 2.12. The number of fused-ring (bicyclic) bond motifs is 1. The molecule has 1 aliphatic heterocycles. The number of hydrogen-bond acceptors (Lipinski definition) is 5. The molecule has 0 saturated heterocycles. The smallest absolute Gasteiger partial charge is 0.171 e. The summed E-state index contributed by atoms with van der Waals surface area (Å²) in [6.45, 7) is 4.04. The third-order valence-corrected chi connectivity index (χ3v) is 3.78. The molecule has 3 rings (SSSR count). The SMILES string of the molecule is CCc1nc(-c2cncs2)nc2c1CCNC2. The molecule has 3 heterocycles. The van der Waals surface area contributed by atoms with Crippen LogP contribution in [0.2, 0.25) is 0 Å². The van der Waals surface area contributed by atoms with Crippen LogP contribution in [0.5, 0.6) is 0 Å². The molecule has 0 aromatic carbocycles. The molecule has 4 nitrogen and oxygen atoms in total. The first-order valence-electron chi connectivity index (χ1n) is 5.86. The fraction of sp³-hybridized carbons (Fsp3) is 0.417. The summed E-state index contributed by atoms with van der Waals surface area (Å²) in [4.78, 5) is 14.5. The number of aryl methyl sites for hydroxylation is 1. The third-order valence-electron chi connectivity index (χ3n) is 3.01. The van der Waals surface area contributed by atoms with Crippen molar-refractivity contribution in [2.75, 3.05) is 6.54 Å². The van der Waals surface area contributed by atoms with Crippen LogP contribution in [0.4, 0.5) is 0 Å². The van der Waals surface area contributed by atoms with Crippen LogP contribution in [0.15, 0.2) is 11.7 Å². The zero-order valence-electron chi connectivity index (χ0n) is 9.73. The van der Waals surface area contributed by atoms with Gasteiger partial charge in [0.05, 0.1) is 16.1 Å². The average molecular weight is 246 g/mol. The highest BCUT2D eigenvalue weighted by Gasteiger charge is 2.17. The second-order valence-corrected chi connectivity index (χ2v) is 4.95. The summed E-state index contributed by atoms with van der Waals surface area (Å²) in [5.41, 5.74) is 5.52. The Morgan fingerprint density at radius 3 is 3.12 bits per heavy atom. The molecule has 0 spiro atoms. The molecule has 0 radical (unpaired) electrons. The molecule has 88 valence electrons. The van der Waals surface area contributed by atoms with Gasteiger partial charge in [-0.2, -0.15) is 0 Å². The first-order chi connectivity index (χ1) is 8.38. The lowest BCUT2D eigenvalue weighted by Crippen LogP contribution is -2.26. The van der Waals surface area contributed by atoms with Gasteiger partial charge in [-0.15, -0.1) is 11.3 Å². The molecular weight excluding hydrogens is 232 g/mol. The summed E-state index contributed by atoms with van der Waals surface area (Å²) >= 11 is 1.59. The third kappa shape index (κ3) is 1.96. The Kier molecular flexibility index (Phi) is 2.86. The predicted octanol–water partition coefficient (Wildman–Crippen LogP) is 1.81. The van der Waals surface area contributed by atoms with Crippen LogP contribution in [0.25, 0.3) is 10.7 Å². The molecule has 2 aromatic rings. The maximum atomic E-state index is 4.68. The molecule has 0 fully saturated rings. The summed E-state index contributed by atoms with van der Waals surface area (Å²) < 4.78 is 0. The van der Waals surface area contributed by atoms with Gasteiger partial charge in [0.15, 0.2) is 5.82 Å². The zero-order valence-corrected chi connectivity index (χ0v) is 10.5. The van der Waals surface area contributed by atoms with Crippen LogP contribution in [-0.2, 0) is 19.4 Å². The monoisotopic (exact) mass is 246 g/mol. The van der Waals surface area contributed by atoms with E-state index in [4.69, 9.17) is 0 Å². The van der Waals surface area contributed by atoms with E-state index in [0.29, 0.717) is 0 Å². The minimum Gasteiger partial charge on any atom is -0.311 e. The van der Waals surface area contributed by atoms with E-state index in [1.165, 1.54) is 11.3 Å². The molecule has 0 atom stereocenters. The second kappa shape index (κ2) is 4.50. The van der Waals surface area contributed by atoms with Gasteiger partial charge in [0.1, 0.15) is 0 Å². The van der Waals surface area contributed by atoms with Crippen molar-refractivity contribution in [2.24, 2.45) is 0 Å². The van der Waals surface area contributed by atoms with E-state index >= 15 is 0 Å². The van der Waals surface area contributed by atoms with Crippen molar-refractivity contribution in [3.8, 4) is 10.7 Å². The molecule has 0 bridgehead atoms. The molecule has 0 amide bonds. The number of nitrogens with one attached hydrogen (secondary N) is 1. The molecule has 0 aliphatic carbocycles. The van der Waals surface area contributed by atoms with Gasteiger partial charge in [0, 0.05) is 18.4 Å². The molecule has 1 N–H and O–H groups in total. The molecule has 5 heteroatoms. The molecule has 17 heavy (non-hydrogen) atoms. The molecule has 0 saturated carbocycles. The second-order valence-electron chi connectivity index (χ2n) is 4.07. The Morgan fingerprint density at radius 1 is 1.41 bits per heavy atom. The number of thiazole rings is 1. The Labute approximate surface area is 104 Å². The summed E-state index contributed by atoms with van der Waals surface area (Å²) in [6, 6.07) is 0. The van der Waals surface area contributed by atoms with Crippen LogP contribution in [0.3, 0.4) is 0 Å². The lowest BCUT2D eigenvalue weighted by molar-refractivity contribution is 0.617. The minimum absolute atomic E-state index is 0.826. The predicted molar refractivity (Wildman–Crippen MR) is 67.9 cm³/mol. The van der Waals surface area contributed by atoms with Gasteiger partial charge >= 0.3 is 0 Å². The van der Waals surface area contributed by atoms with Gasteiger partial charge in [0.25, 0.3) is 0 Å². The van der Waals surface area contributed by atoms with Crippen molar-refractivity contribution in [1.82, 2.24) is 20.3 Å². The van der Waals surface area contributed by atoms with Crippen molar-refractivity contribution in [3.05, 3.63) is 28.7 Å². The van der Waals surface area contributed by atoms with E-state index < -0.39 is 0 Å². The zero-order chi connectivity index (χ0) is 11.7. The highest BCUT2D eigenvalue weighted by molar-refractivity contribution is 7.13. The highest BCUT2D eigenvalue weighted by atomic mass is 32.1. The fourth-order valence-electron chi connectivity index (χ4n) is 2.17. The van der Waals surface area contributed by atoms with Crippen molar-refractivity contribution in [2.45, 2.75) is 26.3 Å². The molecule has 2 aromatic heterocycles. The topological polar surface area (TPSA) is 50.7 Å². The van der Waals surface area contributed by atoms with Gasteiger partial charge in [-0.05, 0) is 24.9 Å². The highest BCUT2D eigenvalue weighted by Crippen LogP contribution is 2.24. The van der Waals surface area contributed by atoms with E-state index in [0.717, 1.165) is 42.3 Å². The quantitative estimate of drug-likeness (QED) is 0.878. The maximum Gasteiger partial charge on any atom is 0.171 e. The van der Waals surface area contributed by atoms with Crippen LogP contribution in [-0.4, -0.2) is 21.5 Å². The van der Waals surface area contributed by atoms with Gasteiger partial charge in [-0.25, -0.2) is 9.97 Å². The first kappa shape index (κ1) is 10.8. The van der Waals surface area contributed by atoms with Crippen LogP contribution < -0.4 is 5.32 Å². The van der Waals surface area contributed by atoms with Gasteiger partial charge < -0.3 is 5.32 Å². The average Bonchev–Trinajstić information content (AvgIpc) is 2.91. The summed E-state index contributed by atoms with van der Waals surface area (Å²) in [6.07, 6.45) is 3.85. The lowest BCUT2D eigenvalue weighted by Gasteiger charge is -2.19. The van der Waals surface area contributed by atoms with E-state index in [2.05, 4.69) is 27.2 Å². The number of aromatic nitrogens is 3. The Bertz CT molecular complexity index is 504. The standard InChI is InChI=1S/C12H14N4S/c1-2-9-8-3-4-13-5-10(8)16-12(15-9)11-6-14-7-17-11/h6-7,13H,2-5H2,1H3. The van der Waals surface area contributed by atoms with E-state index in [9.17, 15) is 0 Å². The summed E-state index contributed by atoms with van der Waals surface area (Å²) in [5.74, 6) is 0.826. The van der Waals surface area contributed by atoms with Crippen molar-refractivity contribution < 1.29 is 0 Å². The number of rotatable bonds is 2. The lowest BCUT2D eigenvalue weighted by atomic mass is 10.0. The number of nitrogens with zero attached hydrogens (tertiary/aromatic N) is 3. The van der Waals surface area contributed by atoms with E-state index in [1.807, 2.05) is 11.7 Å². The number of hydrogen-bond donors (Lipinski definition) is 1. The van der Waals surface area contributed by atoms with Crippen LogP contribution in [0.1, 0.15) is 23.9 Å². The van der Waals surface area contributed by atoms with Crippen molar-refractivity contribution >= 4 is 11.3 Å². The summed E-state index contributed by atoms with van der Waals surface area (Å²) in [7, 11) is 0. The van der Waals surface area contributed by atoms with Gasteiger partial charge in [-0.3, -0.25) is 4.98 Å². The van der Waals surface area contributed by atoms with Crippen LogP contribution in [0, 0.1) is 0 Å². The Hall–Kier alpha value is -1.33. The molecule has 0 unspecified atom stereocenters.